The molecule has 0 aliphatic heterocycles. The zero-order valence-corrected chi connectivity index (χ0v) is 9.24. The van der Waals surface area contributed by atoms with Crippen LogP contribution in [-0.4, -0.2) is 20.8 Å². The van der Waals surface area contributed by atoms with Crippen molar-refractivity contribution in [1.82, 2.24) is 0 Å². The normalized spacial score (nSPS) is 15.8. The van der Waals surface area contributed by atoms with Crippen molar-refractivity contribution in [3.8, 4) is 5.75 Å². The molecule has 1 aliphatic carbocycles. The topological polar surface area (TPSA) is 86.5 Å². The van der Waals surface area contributed by atoms with Crippen molar-refractivity contribution in [1.29, 1.82) is 0 Å². The third-order valence-electron chi connectivity index (χ3n) is 2.23. The Morgan fingerprint density at radius 2 is 2.06 bits per heavy atom. The Morgan fingerprint density at radius 1 is 1.38 bits per heavy atom. The first-order chi connectivity index (χ1) is 7.50. The lowest BCUT2D eigenvalue weighted by Gasteiger charge is -2.09. The van der Waals surface area contributed by atoms with Crippen LogP contribution in [0.3, 0.4) is 0 Å². The quantitative estimate of drug-likeness (QED) is 0.785. The summed E-state index contributed by atoms with van der Waals surface area (Å²) in [5.74, 6) is 0.162. The Balaban J connectivity index is 2.45. The van der Waals surface area contributed by atoms with Crippen molar-refractivity contribution in [2.24, 2.45) is 5.14 Å². The van der Waals surface area contributed by atoms with Gasteiger partial charge in [0.15, 0.2) is 0 Å². The van der Waals surface area contributed by atoms with E-state index in [2.05, 4.69) is 0 Å². The molecule has 2 N–H and O–H groups in total. The van der Waals surface area contributed by atoms with Crippen LogP contribution in [0.4, 0.5) is 0 Å². The first kappa shape index (κ1) is 11.1. The molecule has 1 saturated carbocycles. The summed E-state index contributed by atoms with van der Waals surface area (Å²) in [5, 5.41) is 5.05. The summed E-state index contributed by atoms with van der Waals surface area (Å²) in [6.45, 7) is 0. The van der Waals surface area contributed by atoms with Crippen molar-refractivity contribution < 1.29 is 17.9 Å². The first-order valence-corrected chi connectivity index (χ1v) is 6.34. The molecule has 5 nitrogen and oxygen atoms in total. The van der Waals surface area contributed by atoms with E-state index in [-0.39, 0.29) is 16.7 Å². The van der Waals surface area contributed by atoms with E-state index >= 15 is 0 Å². The number of ether oxygens (including phenoxy) is 1. The van der Waals surface area contributed by atoms with Crippen LogP contribution in [0.15, 0.2) is 23.1 Å². The van der Waals surface area contributed by atoms with Crippen LogP contribution in [0.2, 0.25) is 0 Å². The Morgan fingerprint density at radius 3 is 2.56 bits per heavy atom. The van der Waals surface area contributed by atoms with E-state index < -0.39 is 10.0 Å². The molecule has 1 aromatic rings. The highest BCUT2D eigenvalue weighted by Gasteiger charge is 2.26. The molecule has 1 aliphatic rings. The van der Waals surface area contributed by atoms with Gasteiger partial charge < -0.3 is 4.74 Å². The zero-order chi connectivity index (χ0) is 11.8. The monoisotopic (exact) mass is 241 g/mol. The number of sulfonamides is 1. The van der Waals surface area contributed by atoms with Crippen LogP contribution >= 0.6 is 0 Å². The van der Waals surface area contributed by atoms with Gasteiger partial charge in [-0.05, 0) is 25.0 Å². The van der Waals surface area contributed by atoms with Crippen molar-refractivity contribution in [2.45, 2.75) is 23.8 Å². The molecule has 0 spiro atoms. The third-order valence-corrected chi connectivity index (χ3v) is 3.18. The van der Waals surface area contributed by atoms with E-state index in [0.717, 1.165) is 12.8 Å². The van der Waals surface area contributed by atoms with E-state index in [1.165, 1.54) is 18.2 Å². The van der Waals surface area contributed by atoms with E-state index in [1.807, 2.05) is 0 Å². The molecule has 0 aromatic heterocycles. The number of rotatable bonds is 4. The molecule has 0 saturated heterocycles. The molecule has 2 rings (SSSR count). The smallest absolute Gasteiger partial charge is 0.241 e. The largest absolute Gasteiger partial charge is 0.489 e. The fourth-order valence-electron chi connectivity index (χ4n) is 1.29. The third kappa shape index (κ3) is 2.40. The average Bonchev–Trinajstić information content (AvgIpc) is 3.00. The zero-order valence-electron chi connectivity index (χ0n) is 8.42. The molecule has 1 aromatic carbocycles. The highest BCUT2D eigenvalue weighted by Crippen LogP contribution is 2.31. The minimum Gasteiger partial charge on any atom is -0.489 e. The van der Waals surface area contributed by atoms with Gasteiger partial charge in [-0.3, -0.25) is 4.79 Å². The van der Waals surface area contributed by atoms with Crippen molar-refractivity contribution >= 4 is 16.3 Å². The van der Waals surface area contributed by atoms with Gasteiger partial charge in [0, 0.05) is 5.56 Å². The van der Waals surface area contributed by atoms with E-state index in [0.29, 0.717) is 11.8 Å². The van der Waals surface area contributed by atoms with Crippen LogP contribution in [-0.2, 0) is 10.0 Å². The predicted octanol–water partition coefficient (Wildman–Crippen LogP) is 0.688. The van der Waals surface area contributed by atoms with Gasteiger partial charge >= 0.3 is 0 Å². The van der Waals surface area contributed by atoms with Gasteiger partial charge in [0.25, 0.3) is 0 Å². The van der Waals surface area contributed by atoms with Gasteiger partial charge in [-0.1, -0.05) is 6.07 Å². The maximum absolute atomic E-state index is 11.3. The van der Waals surface area contributed by atoms with Gasteiger partial charge in [-0.25, -0.2) is 13.6 Å². The SMILES string of the molecule is NS(=O)(=O)c1ccc(C=O)cc1OC1CC1. The van der Waals surface area contributed by atoms with Gasteiger partial charge in [0.1, 0.15) is 16.9 Å². The molecule has 0 bridgehead atoms. The minimum absolute atomic E-state index is 0.0439. The molecule has 0 radical (unpaired) electrons. The standard InChI is InChI=1S/C10H11NO4S/c11-16(13,14)10-4-1-7(6-12)5-9(10)15-8-2-3-8/h1,4-6,8H,2-3H2,(H2,11,13,14). The number of benzene rings is 1. The second-order valence-corrected chi connectivity index (χ2v) is 5.22. The predicted molar refractivity (Wildman–Crippen MR) is 56.9 cm³/mol. The molecular weight excluding hydrogens is 230 g/mol. The van der Waals surface area contributed by atoms with Gasteiger partial charge in [-0.15, -0.1) is 0 Å². The van der Waals surface area contributed by atoms with E-state index in [4.69, 9.17) is 9.88 Å². The van der Waals surface area contributed by atoms with Crippen LogP contribution in [0, 0.1) is 0 Å². The molecule has 0 heterocycles. The summed E-state index contributed by atoms with van der Waals surface area (Å²) in [6, 6.07) is 4.08. The highest BCUT2D eigenvalue weighted by molar-refractivity contribution is 7.89. The number of carbonyl (C=O) groups excluding carboxylic acids is 1. The summed E-state index contributed by atoms with van der Waals surface area (Å²) in [6.07, 6.45) is 2.47. The van der Waals surface area contributed by atoms with E-state index in [9.17, 15) is 13.2 Å². The van der Waals surface area contributed by atoms with Crippen LogP contribution in [0.1, 0.15) is 23.2 Å². The van der Waals surface area contributed by atoms with Crippen molar-refractivity contribution in [3.05, 3.63) is 23.8 Å². The average molecular weight is 241 g/mol. The summed E-state index contributed by atoms with van der Waals surface area (Å²) >= 11 is 0. The highest BCUT2D eigenvalue weighted by atomic mass is 32.2. The second kappa shape index (κ2) is 3.88. The van der Waals surface area contributed by atoms with Crippen molar-refractivity contribution in [2.75, 3.05) is 0 Å². The number of carbonyl (C=O) groups is 1. The lowest BCUT2D eigenvalue weighted by molar-refractivity contribution is 0.112. The Kier molecular flexibility index (Phi) is 2.69. The van der Waals surface area contributed by atoms with Crippen molar-refractivity contribution in [3.63, 3.8) is 0 Å². The lowest BCUT2D eigenvalue weighted by Crippen LogP contribution is -2.14. The summed E-state index contributed by atoms with van der Waals surface area (Å²) in [7, 11) is -3.82. The summed E-state index contributed by atoms with van der Waals surface area (Å²) < 4.78 is 27.9. The van der Waals surface area contributed by atoms with Gasteiger partial charge in [0.05, 0.1) is 6.10 Å². The molecule has 6 heteroatoms. The molecular formula is C10H11NO4S. The number of nitrogens with two attached hydrogens (primary N) is 1. The summed E-state index contributed by atoms with van der Waals surface area (Å²) in [5.41, 5.74) is 0.364. The molecule has 0 unspecified atom stereocenters. The first-order valence-electron chi connectivity index (χ1n) is 4.79. The molecule has 16 heavy (non-hydrogen) atoms. The maximum atomic E-state index is 11.3. The molecule has 1 fully saturated rings. The number of hydrogen-bond donors (Lipinski definition) is 1. The minimum atomic E-state index is -3.82. The number of hydrogen-bond acceptors (Lipinski definition) is 4. The van der Waals surface area contributed by atoms with Crippen LogP contribution in [0.5, 0.6) is 5.75 Å². The number of primary sulfonamides is 1. The van der Waals surface area contributed by atoms with Crippen LogP contribution < -0.4 is 9.88 Å². The lowest BCUT2D eigenvalue weighted by atomic mass is 10.2. The fourth-order valence-corrected chi connectivity index (χ4v) is 1.94. The van der Waals surface area contributed by atoms with E-state index in [1.54, 1.807) is 0 Å². The molecule has 86 valence electrons. The molecule has 0 amide bonds. The van der Waals surface area contributed by atoms with Gasteiger partial charge in [0.2, 0.25) is 10.0 Å². The molecule has 0 atom stereocenters. The Labute approximate surface area is 93.3 Å². The Hall–Kier alpha value is -1.40. The fraction of sp³-hybridized carbons (Fsp3) is 0.300. The summed E-state index contributed by atoms with van der Waals surface area (Å²) in [4.78, 5) is 10.5. The van der Waals surface area contributed by atoms with Crippen LogP contribution in [0.25, 0.3) is 0 Å². The maximum Gasteiger partial charge on any atom is 0.241 e. The Bertz CT molecular complexity index is 520. The number of aldehydes is 1. The van der Waals surface area contributed by atoms with Gasteiger partial charge in [-0.2, -0.15) is 0 Å². The second-order valence-electron chi connectivity index (χ2n) is 3.69.